The minimum absolute atomic E-state index is 0.0148. The molecule has 3 saturated heterocycles. The molecule has 29 heavy (non-hydrogen) atoms. The van der Waals surface area contributed by atoms with Gasteiger partial charge in [0.25, 0.3) is 5.91 Å². The van der Waals surface area contributed by atoms with Gasteiger partial charge in [0.1, 0.15) is 0 Å². The number of fused-ring (bicyclic) bond motifs is 2. The fraction of sp³-hybridized carbons (Fsp3) is 0.591. The molecule has 3 aliphatic heterocycles. The second-order valence-electron chi connectivity index (χ2n) is 7.91. The maximum absolute atomic E-state index is 13.3. The molecule has 3 aliphatic rings. The first-order valence-corrected chi connectivity index (χ1v) is 10.6. The maximum Gasteiger partial charge on any atom is 0.254 e. The minimum atomic E-state index is -0.0710. The quantitative estimate of drug-likeness (QED) is 0.687. The molecule has 1 aromatic rings. The molecule has 0 aromatic heterocycles. The molecule has 7 nitrogen and oxygen atoms in total. The van der Waals surface area contributed by atoms with Gasteiger partial charge in [-0.1, -0.05) is 0 Å². The van der Waals surface area contributed by atoms with Crippen LogP contribution < -0.4 is 9.47 Å². The van der Waals surface area contributed by atoms with E-state index in [-0.39, 0.29) is 35.8 Å². The molecular formula is C22H28N2O5. The number of carbonyl (C=O) groups is 3. The van der Waals surface area contributed by atoms with Crippen LogP contribution >= 0.6 is 0 Å². The molecule has 2 bridgehead atoms. The molecule has 3 amide bonds. The summed E-state index contributed by atoms with van der Waals surface area (Å²) >= 11 is 0. The summed E-state index contributed by atoms with van der Waals surface area (Å²) < 4.78 is 11.3. The van der Waals surface area contributed by atoms with Crippen molar-refractivity contribution in [1.29, 1.82) is 0 Å². The second kappa shape index (κ2) is 8.05. The van der Waals surface area contributed by atoms with Crippen LogP contribution in [0.25, 0.3) is 0 Å². The molecule has 3 fully saturated rings. The van der Waals surface area contributed by atoms with Crippen molar-refractivity contribution in [2.45, 2.75) is 70.5 Å². The van der Waals surface area contributed by atoms with E-state index in [4.69, 9.17) is 9.47 Å². The van der Waals surface area contributed by atoms with E-state index in [0.717, 1.165) is 12.8 Å². The van der Waals surface area contributed by atoms with E-state index >= 15 is 0 Å². The summed E-state index contributed by atoms with van der Waals surface area (Å²) in [4.78, 5) is 41.0. The van der Waals surface area contributed by atoms with E-state index in [1.165, 1.54) is 4.90 Å². The number of hydrogen-bond acceptors (Lipinski definition) is 5. The number of amides is 3. The number of nitrogens with zero attached hydrogens (tertiary/aromatic N) is 2. The van der Waals surface area contributed by atoms with E-state index in [0.29, 0.717) is 56.0 Å². The third-order valence-electron chi connectivity index (χ3n) is 6.19. The predicted molar refractivity (Wildman–Crippen MR) is 106 cm³/mol. The number of benzene rings is 1. The Labute approximate surface area is 170 Å². The summed E-state index contributed by atoms with van der Waals surface area (Å²) in [5.41, 5.74) is 0.584. The molecule has 0 spiro atoms. The Bertz CT molecular complexity index is 793. The van der Waals surface area contributed by atoms with Gasteiger partial charge in [0.2, 0.25) is 11.8 Å². The molecule has 0 N–H and O–H groups in total. The van der Waals surface area contributed by atoms with Crippen LogP contribution in [0.4, 0.5) is 0 Å². The topological polar surface area (TPSA) is 76.2 Å². The number of hydrogen-bond donors (Lipinski definition) is 0. The summed E-state index contributed by atoms with van der Waals surface area (Å²) in [5.74, 6) is 1.08. The van der Waals surface area contributed by atoms with Crippen molar-refractivity contribution in [3.8, 4) is 11.5 Å². The van der Waals surface area contributed by atoms with Crippen LogP contribution in [0, 0.1) is 0 Å². The number of ether oxygens (including phenoxy) is 2. The fourth-order valence-corrected chi connectivity index (χ4v) is 5.03. The van der Waals surface area contributed by atoms with E-state index in [2.05, 4.69) is 0 Å². The lowest BCUT2D eigenvalue weighted by atomic mass is 9.95. The lowest BCUT2D eigenvalue weighted by molar-refractivity contribution is -0.142. The first-order chi connectivity index (χ1) is 14.0. The van der Waals surface area contributed by atoms with Gasteiger partial charge in [-0.2, -0.15) is 0 Å². The monoisotopic (exact) mass is 400 g/mol. The highest BCUT2D eigenvalue weighted by Crippen LogP contribution is 2.40. The zero-order valence-electron chi connectivity index (χ0n) is 17.1. The third kappa shape index (κ3) is 3.58. The molecule has 156 valence electrons. The number of carbonyl (C=O) groups excluding carboxylic acids is 3. The molecule has 4 rings (SSSR count). The maximum atomic E-state index is 13.3. The summed E-state index contributed by atoms with van der Waals surface area (Å²) in [6.07, 6.45) is 3.82. The van der Waals surface area contributed by atoms with Gasteiger partial charge in [-0.3, -0.25) is 19.3 Å². The van der Waals surface area contributed by atoms with Gasteiger partial charge in [0, 0.05) is 36.5 Å². The summed E-state index contributed by atoms with van der Waals surface area (Å²) in [6, 6.07) is 5.39. The Hall–Kier alpha value is -2.57. The molecule has 3 heterocycles. The summed E-state index contributed by atoms with van der Waals surface area (Å²) in [6.45, 7) is 4.83. The molecular weight excluding hydrogens is 372 g/mol. The molecule has 0 aliphatic carbocycles. The van der Waals surface area contributed by atoms with Gasteiger partial charge in [-0.25, -0.2) is 0 Å². The van der Waals surface area contributed by atoms with Crippen LogP contribution in [0.1, 0.15) is 62.7 Å². The van der Waals surface area contributed by atoms with Crippen molar-refractivity contribution in [1.82, 2.24) is 9.80 Å². The highest BCUT2D eigenvalue weighted by molar-refractivity contribution is 6.02. The predicted octanol–water partition coefficient (Wildman–Crippen LogP) is 2.77. The molecule has 1 aromatic carbocycles. The molecule has 7 heteroatoms. The van der Waals surface area contributed by atoms with Gasteiger partial charge >= 0.3 is 0 Å². The number of rotatable bonds is 6. The van der Waals surface area contributed by atoms with Crippen LogP contribution in [0.5, 0.6) is 11.5 Å². The normalized spacial score (nSPS) is 26.2. The summed E-state index contributed by atoms with van der Waals surface area (Å²) in [7, 11) is 0. The van der Waals surface area contributed by atoms with Crippen molar-refractivity contribution in [3.63, 3.8) is 0 Å². The van der Waals surface area contributed by atoms with Crippen LogP contribution in [-0.4, -0.2) is 58.9 Å². The fourth-order valence-electron chi connectivity index (χ4n) is 5.03. The number of imide groups is 1. The average molecular weight is 400 g/mol. The molecule has 2 atom stereocenters. The van der Waals surface area contributed by atoms with Gasteiger partial charge in [-0.15, -0.1) is 0 Å². The van der Waals surface area contributed by atoms with Gasteiger partial charge in [0.15, 0.2) is 11.5 Å². The van der Waals surface area contributed by atoms with Crippen molar-refractivity contribution in [3.05, 3.63) is 23.8 Å². The van der Waals surface area contributed by atoms with E-state index in [1.807, 2.05) is 18.7 Å². The SMILES string of the molecule is CCOc1ccc(C(=O)N2C3CCC2CC(N2C(=O)CCC2=O)C3)cc1OCC. The number of piperidine rings is 1. The van der Waals surface area contributed by atoms with E-state index in [1.54, 1.807) is 18.2 Å². The van der Waals surface area contributed by atoms with Gasteiger partial charge in [0.05, 0.1) is 13.2 Å². The van der Waals surface area contributed by atoms with Crippen molar-refractivity contribution in [2.75, 3.05) is 13.2 Å². The van der Waals surface area contributed by atoms with Crippen LogP contribution in [0.15, 0.2) is 18.2 Å². The van der Waals surface area contributed by atoms with E-state index in [9.17, 15) is 14.4 Å². The molecule has 0 saturated carbocycles. The first-order valence-electron chi connectivity index (χ1n) is 10.6. The zero-order chi connectivity index (χ0) is 20.5. The Kier molecular flexibility index (Phi) is 5.48. The van der Waals surface area contributed by atoms with Crippen LogP contribution in [0.2, 0.25) is 0 Å². The first kappa shape index (κ1) is 19.7. The lowest BCUT2D eigenvalue weighted by Gasteiger charge is -2.41. The molecule has 0 radical (unpaired) electrons. The van der Waals surface area contributed by atoms with Crippen LogP contribution in [0.3, 0.4) is 0 Å². The Morgan fingerprint density at radius 2 is 1.52 bits per heavy atom. The highest BCUT2D eigenvalue weighted by Gasteiger charge is 2.47. The van der Waals surface area contributed by atoms with Crippen molar-refractivity contribution >= 4 is 17.7 Å². The minimum Gasteiger partial charge on any atom is -0.490 e. The largest absolute Gasteiger partial charge is 0.490 e. The average Bonchev–Trinajstić information content (AvgIpc) is 3.18. The smallest absolute Gasteiger partial charge is 0.254 e. The van der Waals surface area contributed by atoms with Crippen LogP contribution in [-0.2, 0) is 9.59 Å². The number of likely N-dealkylation sites (tertiary alicyclic amines) is 1. The van der Waals surface area contributed by atoms with Crippen molar-refractivity contribution in [2.24, 2.45) is 0 Å². The Morgan fingerprint density at radius 1 is 0.931 bits per heavy atom. The highest BCUT2D eigenvalue weighted by atomic mass is 16.5. The second-order valence-corrected chi connectivity index (χ2v) is 7.91. The standard InChI is InChI=1S/C22H28N2O5/c1-3-28-18-8-5-14(11-19(18)29-4-2)22(27)23-15-6-7-16(23)13-17(12-15)24-20(25)9-10-21(24)26/h5,8,11,15-17H,3-4,6-7,9-10,12-13H2,1-2H3. The molecule has 2 unspecified atom stereocenters. The third-order valence-corrected chi connectivity index (χ3v) is 6.19. The summed E-state index contributed by atoms with van der Waals surface area (Å²) in [5, 5.41) is 0. The Morgan fingerprint density at radius 3 is 2.10 bits per heavy atom. The van der Waals surface area contributed by atoms with E-state index < -0.39 is 0 Å². The lowest BCUT2D eigenvalue weighted by Crippen LogP contribution is -2.53. The van der Waals surface area contributed by atoms with Crippen molar-refractivity contribution < 1.29 is 23.9 Å². The van der Waals surface area contributed by atoms with Gasteiger partial charge < -0.3 is 14.4 Å². The Balaban J connectivity index is 1.52. The van der Waals surface area contributed by atoms with Gasteiger partial charge in [-0.05, 0) is 57.7 Å². The zero-order valence-corrected chi connectivity index (χ0v) is 17.1.